The molecule has 2 heteroatoms. The van der Waals surface area contributed by atoms with Crippen LogP contribution < -0.4 is 0 Å². The molecule has 1 aliphatic heterocycles. The van der Waals surface area contributed by atoms with Crippen LogP contribution in [0.4, 0.5) is 0 Å². The third-order valence-corrected chi connectivity index (χ3v) is 4.37. The molecule has 2 rings (SSSR count). The molecule has 0 aliphatic carbocycles. The molecular weight excluding hydrogens is 228 g/mol. The van der Waals surface area contributed by atoms with Gasteiger partial charge in [0.15, 0.2) is 0 Å². The Morgan fingerprint density at radius 1 is 1.29 bits per heavy atom. The van der Waals surface area contributed by atoms with Crippen LogP contribution in [-0.4, -0.2) is 18.0 Å². The van der Waals surface area contributed by atoms with E-state index in [0.717, 1.165) is 25.4 Å². The van der Waals surface area contributed by atoms with E-state index in [1.807, 2.05) is 11.8 Å². The lowest BCUT2D eigenvalue weighted by Gasteiger charge is -2.17. The van der Waals surface area contributed by atoms with Crippen LogP contribution in [0.5, 0.6) is 0 Å². The van der Waals surface area contributed by atoms with E-state index >= 15 is 0 Å². The fourth-order valence-electron chi connectivity index (χ4n) is 2.35. The summed E-state index contributed by atoms with van der Waals surface area (Å²) in [6.07, 6.45) is 2.71. The minimum Gasteiger partial charge on any atom is -0.377 e. The normalized spacial score (nSPS) is 20.6. The summed E-state index contributed by atoms with van der Waals surface area (Å²) in [5.41, 5.74) is 1.49. The van der Waals surface area contributed by atoms with E-state index in [0.29, 0.717) is 11.4 Å². The Morgan fingerprint density at radius 3 is 2.76 bits per heavy atom. The fourth-order valence-corrected chi connectivity index (χ4v) is 3.58. The Kier molecular flexibility index (Phi) is 4.52. The van der Waals surface area contributed by atoms with Crippen molar-refractivity contribution in [2.45, 2.75) is 49.9 Å². The topological polar surface area (TPSA) is 9.23 Å². The molecule has 0 aromatic heterocycles. The van der Waals surface area contributed by atoms with Crippen molar-refractivity contribution in [1.82, 2.24) is 0 Å². The first kappa shape index (κ1) is 13.0. The SMILES string of the molecule is CC(C)CC(C)OCC1Cc2ccccc2S1. The molecule has 1 heterocycles. The second-order valence-corrected chi connectivity index (χ2v) is 6.67. The van der Waals surface area contributed by atoms with Crippen molar-refractivity contribution >= 4 is 11.8 Å². The summed E-state index contributed by atoms with van der Waals surface area (Å²) in [6, 6.07) is 8.71. The Morgan fingerprint density at radius 2 is 2.06 bits per heavy atom. The highest BCUT2D eigenvalue weighted by Crippen LogP contribution is 2.36. The van der Waals surface area contributed by atoms with Crippen LogP contribution in [0, 0.1) is 5.92 Å². The molecule has 1 aliphatic rings. The van der Waals surface area contributed by atoms with Crippen molar-refractivity contribution in [2.75, 3.05) is 6.61 Å². The maximum absolute atomic E-state index is 5.95. The smallest absolute Gasteiger partial charge is 0.0595 e. The molecule has 0 spiro atoms. The zero-order chi connectivity index (χ0) is 12.3. The summed E-state index contributed by atoms with van der Waals surface area (Å²) < 4.78 is 5.95. The maximum atomic E-state index is 5.95. The van der Waals surface area contributed by atoms with Gasteiger partial charge in [-0.3, -0.25) is 0 Å². The summed E-state index contributed by atoms with van der Waals surface area (Å²) in [6.45, 7) is 7.57. The Bertz CT molecular complexity index is 337. The van der Waals surface area contributed by atoms with E-state index in [1.165, 1.54) is 10.5 Å². The molecule has 0 N–H and O–H groups in total. The van der Waals surface area contributed by atoms with E-state index in [9.17, 15) is 0 Å². The molecule has 1 aromatic rings. The van der Waals surface area contributed by atoms with Crippen molar-refractivity contribution < 1.29 is 4.74 Å². The van der Waals surface area contributed by atoms with Crippen LogP contribution in [0.15, 0.2) is 29.2 Å². The first-order valence-corrected chi connectivity index (χ1v) is 7.39. The second-order valence-electron chi connectivity index (χ2n) is 5.33. The van der Waals surface area contributed by atoms with Gasteiger partial charge < -0.3 is 4.74 Å². The predicted molar refractivity (Wildman–Crippen MR) is 74.7 cm³/mol. The standard InChI is InChI=1S/C15H22OS/c1-11(2)8-12(3)16-10-14-9-13-6-4-5-7-15(13)17-14/h4-7,11-12,14H,8-10H2,1-3H3. The van der Waals surface area contributed by atoms with Crippen molar-refractivity contribution in [3.63, 3.8) is 0 Å². The van der Waals surface area contributed by atoms with Crippen molar-refractivity contribution in [3.8, 4) is 0 Å². The third-order valence-electron chi connectivity index (χ3n) is 3.08. The number of thioether (sulfide) groups is 1. The number of fused-ring (bicyclic) bond motifs is 1. The van der Waals surface area contributed by atoms with Crippen LogP contribution in [0.3, 0.4) is 0 Å². The van der Waals surface area contributed by atoms with Gasteiger partial charge in [-0.25, -0.2) is 0 Å². The Hall–Kier alpha value is -0.470. The van der Waals surface area contributed by atoms with Crippen molar-refractivity contribution in [2.24, 2.45) is 5.92 Å². The Labute approximate surface area is 109 Å². The summed E-state index contributed by atoms with van der Waals surface area (Å²) in [5.74, 6) is 0.721. The monoisotopic (exact) mass is 250 g/mol. The van der Waals surface area contributed by atoms with Crippen molar-refractivity contribution in [1.29, 1.82) is 0 Å². The number of hydrogen-bond acceptors (Lipinski definition) is 2. The molecule has 2 atom stereocenters. The van der Waals surface area contributed by atoms with Crippen LogP contribution in [0.2, 0.25) is 0 Å². The number of hydrogen-bond donors (Lipinski definition) is 0. The summed E-state index contributed by atoms with van der Waals surface area (Å²) in [4.78, 5) is 1.44. The van der Waals surface area contributed by atoms with Gasteiger partial charge in [-0.15, -0.1) is 11.8 Å². The van der Waals surface area contributed by atoms with Gasteiger partial charge in [0.25, 0.3) is 0 Å². The zero-order valence-electron chi connectivity index (χ0n) is 11.0. The highest BCUT2D eigenvalue weighted by molar-refractivity contribution is 8.00. The molecule has 0 radical (unpaired) electrons. The average molecular weight is 250 g/mol. The minimum atomic E-state index is 0.388. The maximum Gasteiger partial charge on any atom is 0.0595 e. The van der Waals surface area contributed by atoms with E-state index < -0.39 is 0 Å². The number of benzene rings is 1. The van der Waals surface area contributed by atoms with E-state index in [1.54, 1.807) is 0 Å². The van der Waals surface area contributed by atoms with Crippen LogP contribution >= 0.6 is 11.8 Å². The third kappa shape index (κ3) is 3.75. The molecule has 0 saturated carbocycles. The van der Waals surface area contributed by atoms with Gasteiger partial charge in [0, 0.05) is 10.1 Å². The van der Waals surface area contributed by atoms with Crippen LogP contribution in [0.1, 0.15) is 32.8 Å². The summed E-state index contributed by atoms with van der Waals surface area (Å²) >= 11 is 1.97. The molecule has 0 bridgehead atoms. The Balaban J connectivity index is 1.76. The molecule has 2 unspecified atom stereocenters. The van der Waals surface area contributed by atoms with E-state index in [-0.39, 0.29) is 0 Å². The average Bonchev–Trinajstić information content (AvgIpc) is 2.68. The van der Waals surface area contributed by atoms with Gasteiger partial charge in [0.2, 0.25) is 0 Å². The molecular formula is C15H22OS. The predicted octanol–water partition coefficient (Wildman–Crippen LogP) is 4.15. The van der Waals surface area contributed by atoms with Gasteiger partial charge >= 0.3 is 0 Å². The van der Waals surface area contributed by atoms with E-state index in [4.69, 9.17) is 4.74 Å². The first-order valence-electron chi connectivity index (χ1n) is 6.51. The second kappa shape index (κ2) is 5.92. The van der Waals surface area contributed by atoms with Gasteiger partial charge in [-0.2, -0.15) is 0 Å². The molecule has 0 amide bonds. The number of rotatable bonds is 5. The van der Waals surface area contributed by atoms with Crippen LogP contribution in [-0.2, 0) is 11.2 Å². The largest absolute Gasteiger partial charge is 0.377 e. The van der Waals surface area contributed by atoms with Gasteiger partial charge in [0.05, 0.1) is 12.7 Å². The molecule has 94 valence electrons. The summed E-state index contributed by atoms with van der Waals surface area (Å²) in [7, 11) is 0. The lowest BCUT2D eigenvalue weighted by Crippen LogP contribution is -2.18. The van der Waals surface area contributed by atoms with Gasteiger partial charge in [0.1, 0.15) is 0 Å². The molecule has 1 aromatic carbocycles. The van der Waals surface area contributed by atoms with Crippen molar-refractivity contribution in [3.05, 3.63) is 29.8 Å². The number of ether oxygens (including phenoxy) is 1. The lowest BCUT2D eigenvalue weighted by molar-refractivity contribution is 0.0533. The fraction of sp³-hybridized carbons (Fsp3) is 0.600. The lowest BCUT2D eigenvalue weighted by atomic mass is 10.1. The van der Waals surface area contributed by atoms with Gasteiger partial charge in [-0.1, -0.05) is 32.0 Å². The molecule has 0 fully saturated rings. The van der Waals surface area contributed by atoms with Crippen LogP contribution in [0.25, 0.3) is 0 Å². The van der Waals surface area contributed by atoms with E-state index in [2.05, 4.69) is 45.0 Å². The molecule has 17 heavy (non-hydrogen) atoms. The van der Waals surface area contributed by atoms with Gasteiger partial charge in [-0.05, 0) is 37.3 Å². The quantitative estimate of drug-likeness (QED) is 0.776. The molecule has 1 nitrogen and oxygen atoms in total. The summed E-state index contributed by atoms with van der Waals surface area (Å²) in [5, 5.41) is 0.613. The highest BCUT2D eigenvalue weighted by Gasteiger charge is 2.22. The first-order chi connectivity index (χ1) is 8.15. The minimum absolute atomic E-state index is 0.388. The zero-order valence-corrected chi connectivity index (χ0v) is 11.8. The molecule has 0 saturated heterocycles. The highest BCUT2D eigenvalue weighted by atomic mass is 32.2.